The van der Waals surface area contributed by atoms with Gasteiger partial charge in [-0.25, -0.2) is 13.1 Å². The van der Waals surface area contributed by atoms with Crippen LogP contribution in [-0.2, 0) is 22.9 Å². The highest BCUT2D eigenvalue weighted by Crippen LogP contribution is 2.34. The van der Waals surface area contributed by atoms with E-state index >= 15 is 0 Å². The van der Waals surface area contributed by atoms with Crippen molar-refractivity contribution in [3.8, 4) is 0 Å². The van der Waals surface area contributed by atoms with E-state index in [9.17, 15) is 8.42 Å². The van der Waals surface area contributed by atoms with Crippen LogP contribution in [0.15, 0.2) is 59.5 Å². The predicted molar refractivity (Wildman–Crippen MR) is 131 cm³/mol. The number of sulfonamides is 1. The highest BCUT2D eigenvalue weighted by Gasteiger charge is 2.29. The predicted octanol–water partition coefficient (Wildman–Crippen LogP) is 3.74. The van der Waals surface area contributed by atoms with Gasteiger partial charge in [-0.1, -0.05) is 42.5 Å². The molecule has 1 fully saturated rings. The van der Waals surface area contributed by atoms with E-state index in [0.717, 1.165) is 56.2 Å². The van der Waals surface area contributed by atoms with Crippen LogP contribution in [0, 0.1) is 6.92 Å². The van der Waals surface area contributed by atoms with Gasteiger partial charge < -0.3 is 9.80 Å². The van der Waals surface area contributed by atoms with Crippen LogP contribution in [0.25, 0.3) is 10.8 Å². The van der Waals surface area contributed by atoms with Crippen LogP contribution < -0.4 is 9.62 Å². The Morgan fingerprint density at radius 1 is 0.906 bits per heavy atom. The van der Waals surface area contributed by atoms with Gasteiger partial charge in [0, 0.05) is 43.3 Å². The Morgan fingerprint density at radius 3 is 2.47 bits per heavy atom. The van der Waals surface area contributed by atoms with Gasteiger partial charge in [-0.05, 0) is 67.4 Å². The zero-order chi connectivity index (χ0) is 22.3. The molecule has 1 saturated heterocycles. The second kappa shape index (κ2) is 8.50. The van der Waals surface area contributed by atoms with Crippen molar-refractivity contribution < 1.29 is 8.42 Å². The number of likely N-dealkylation sites (N-methyl/N-ethyl adjacent to an activating group) is 1. The molecule has 0 spiro atoms. The molecule has 5 nitrogen and oxygen atoms in total. The van der Waals surface area contributed by atoms with Gasteiger partial charge in [0.1, 0.15) is 0 Å². The van der Waals surface area contributed by atoms with E-state index < -0.39 is 10.0 Å². The maximum absolute atomic E-state index is 13.4. The van der Waals surface area contributed by atoms with Crippen LogP contribution in [0.2, 0.25) is 0 Å². The Hall–Kier alpha value is -2.41. The first-order valence-corrected chi connectivity index (χ1v) is 13.0. The molecule has 5 rings (SSSR count). The molecule has 0 saturated carbocycles. The van der Waals surface area contributed by atoms with Crippen molar-refractivity contribution in [2.75, 3.05) is 38.1 Å². The number of benzene rings is 3. The molecule has 1 aliphatic heterocycles. The molecular formula is C26H31N3O2S. The third kappa shape index (κ3) is 4.03. The van der Waals surface area contributed by atoms with Gasteiger partial charge in [0.15, 0.2) is 0 Å². The highest BCUT2D eigenvalue weighted by molar-refractivity contribution is 7.89. The lowest BCUT2D eigenvalue weighted by atomic mass is 9.84. The molecule has 0 radical (unpaired) electrons. The van der Waals surface area contributed by atoms with Crippen LogP contribution in [0.3, 0.4) is 0 Å². The molecule has 1 N–H and O–H groups in total. The summed E-state index contributed by atoms with van der Waals surface area (Å²) in [5, 5.41) is 1.71. The molecule has 3 aromatic rings. The van der Waals surface area contributed by atoms with E-state index in [1.807, 2.05) is 36.4 Å². The molecule has 2 aliphatic rings. The minimum Gasteiger partial charge on any atom is -0.369 e. The normalized spacial score (nSPS) is 19.8. The SMILES string of the molecule is Cc1ccc(N2CCN(C)CC2)c2c1CC[C@@H](NS(=O)(=O)c1cccc3ccccc13)C2. The van der Waals surface area contributed by atoms with Crippen LogP contribution in [-0.4, -0.2) is 52.6 Å². The van der Waals surface area contributed by atoms with E-state index in [-0.39, 0.29) is 6.04 Å². The summed E-state index contributed by atoms with van der Waals surface area (Å²) < 4.78 is 29.8. The van der Waals surface area contributed by atoms with Gasteiger partial charge >= 0.3 is 0 Å². The second-order valence-corrected chi connectivity index (χ2v) is 10.9. The van der Waals surface area contributed by atoms with Crippen LogP contribution >= 0.6 is 0 Å². The van der Waals surface area contributed by atoms with E-state index in [0.29, 0.717) is 4.90 Å². The lowest BCUT2D eigenvalue weighted by Crippen LogP contribution is -2.45. The monoisotopic (exact) mass is 449 g/mol. The summed E-state index contributed by atoms with van der Waals surface area (Å²) in [5.74, 6) is 0. The van der Waals surface area contributed by atoms with Gasteiger partial charge in [-0.2, -0.15) is 0 Å². The van der Waals surface area contributed by atoms with Crippen LogP contribution in [0.4, 0.5) is 5.69 Å². The van der Waals surface area contributed by atoms with Crippen molar-refractivity contribution >= 4 is 26.5 Å². The van der Waals surface area contributed by atoms with Crippen molar-refractivity contribution in [1.82, 2.24) is 9.62 Å². The molecule has 1 aliphatic carbocycles. The summed E-state index contributed by atoms with van der Waals surface area (Å²) in [5.41, 5.74) is 5.33. The minimum atomic E-state index is -3.61. The number of aryl methyl sites for hydroxylation is 1. The number of nitrogens with zero attached hydrogens (tertiary/aromatic N) is 2. The van der Waals surface area contributed by atoms with Crippen molar-refractivity contribution in [2.24, 2.45) is 0 Å². The average molecular weight is 450 g/mol. The molecule has 0 aromatic heterocycles. The topological polar surface area (TPSA) is 52.6 Å². The number of anilines is 1. The quantitative estimate of drug-likeness (QED) is 0.659. The molecule has 6 heteroatoms. The third-order valence-corrected chi connectivity index (χ3v) is 8.62. The van der Waals surface area contributed by atoms with Crippen LogP contribution in [0.5, 0.6) is 0 Å². The van der Waals surface area contributed by atoms with Crippen LogP contribution in [0.1, 0.15) is 23.1 Å². The molecule has 3 aromatic carbocycles. The molecular weight excluding hydrogens is 418 g/mol. The van der Waals surface area contributed by atoms with Crippen molar-refractivity contribution in [1.29, 1.82) is 0 Å². The second-order valence-electron chi connectivity index (χ2n) is 9.19. The fourth-order valence-electron chi connectivity index (χ4n) is 5.20. The number of rotatable bonds is 4. The average Bonchev–Trinajstić information content (AvgIpc) is 2.79. The summed E-state index contributed by atoms with van der Waals surface area (Å²) in [4.78, 5) is 5.20. The molecule has 168 valence electrons. The Labute approximate surface area is 191 Å². The summed E-state index contributed by atoms with van der Waals surface area (Å²) >= 11 is 0. The first-order chi connectivity index (χ1) is 15.4. The van der Waals surface area contributed by atoms with E-state index in [2.05, 4.69) is 40.6 Å². The minimum absolute atomic E-state index is 0.0977. The molecule has 0 amide bonds. The van der Waals surface area contributed by atoms with Crippen molar-refractivity contribution in [3.63, 3.8) is 0 Å². The summed E-state index contributed by atoms with van der Waals surface area (Å²) in [6.07, 6.45) is 2.47. The van der Waals surface area contributed by atoms with Gasteiger partial charge in [0.05, 0.1) is 4.90 Å². The zero-order valence-corrected chi connectivity index (χ0v) is 19.7. The third-order valence-electron chi connectivity index (χ3n) is 7.04. The number of hydrogen-bond acceptors (Lipinski definition) is 4. The number of piperazine rings is 1. The zero-order valence-electron chi connectivity index (χ0n) is 18.8. The molecule has 1 heterocycles. The van der Waals surface area contributed by atoms with Gasteiger partial charge in [-0.15, -0.1) is 0 Å². The summed E-state index contributed by atoms with van der Waals surface area (Å²) in [7, 11) is -1.45. The van der Waals surface area contributed by atoms with E-state index in [4.69, 9.17) is 0 Å². The van der Waals surface area contributed by atoms with Gasteiger partial charge in [-0.3, -0.25) is 0 Å². The largest absolute Gasteiger partial charge is 0.369 e. The molecule has 32 heavy (non-hydrogen) atoms. The number of hydrogen-bond donors (Lipinski definition) is 1. The smallest absolute Gasteiger partial charge is 0.241 e. The molecule has 0 unspecified atom stereocenters. The van der Waals surface area contributed by atoms with E-state index in [1.165, 1.54) is 22.4 Å². The maximum atomic E-state index is 13.4. The molecule has 1 atom stereocenters. The first kappa shape index (κ1) is 21.4. The fraction of sp³-hybridized carbons (Fsp3) is 0.385. The maximum Gasteiger partial charge on any atom is 0.241 e. The number of nitrogens with one attached hydrogen (secondary N) is 1. The van der Waals surface area contributed by atoms with Gasteiger partial charge in [0.25, 0.3) is 0 Å². The van der Waals surface area contributed by atoms with E-state index in [1.54, 1.807) is 6.07 Å². The highest BCUT2D eigenvalue weighted by atomic mass is 32.2. The number of fused-ring (bicyclic) bond motifs is 2. The summed E-state index contributed by atoms with van der Waals surface area (Å²) in [6.45, 7) is 6.31. The fourth-order valence-corrected chi connectivity index (χ4v) is 6.70. The molecule has 0 bridgehead atoms. The van der Waals surface area contributed by atoms with Crippen molar-refractivity contribution in [3.05, 3.63) is 71.3 Å². The Bertz CT molecular complexity index is 1240. The lowest BCUT2D eigenvalue weighted by molar-refractivity contribution is 0.312. The standard InChI is InChI=1S/C26H31N3O2S/c1-19-10-13-25(29-16-14-28(2)15-17-29)24-18-21(11-12-22(19)24)27-32(30,31)26-9-5-7-20-6-3-4-8-23(20)26/h3-10,13,21,27H,11-12,14-18H2,1-2H3/t21-/m1/s1. The van der Waals surface area contributed by atoms with Crippen molar-refractivity contribution in [2.45, 2.75) is 37.1 Å². The Kier molecular flexibility index (Phi) is 5.70. The Morgan fingerprint density at radius 2 is 1.66 bits per heavy atom. The van der Waals surface area contributed by atoms with Gasteiger partial charge in [0.2, 0.25) is 10.0 Å². The summed E-state index contributed by atoms with van der Waals surface area (Å²) in [6, 6.07) is 17.5. The lowest BCUT2D eigenvalue weighted by Gasteiger charge is -2.37. The Balaban J connectivity index is 1.43. The first-order valence-electron chi connectivity index (χ1n) is 11.5.